The molecule has 1 heterocycles. The summed E-state index contributed by atoms with van der Waals surface area (Å²) in [4.78, 5) is 13.2. The van der Waals surface area contributed by atoms with Gasteiger partial charge in [-0.05, 0) is 51.1 Å². The SMILES string of the molecule is CCOc1ccc(-n2c(C)cc(/C=N/N=C(/C(=O)c3ccccc3)c3ccccc3)c2C)cc1. The van der Waals surface area contributed by atoms with Crippen LogP contribution in [0.3, 0.4) is 0 Å². The largest absolute Gasteiger partial charge is 0.494 e. The molecule has 4 rings (SSSR count). The number of carbonyl (C=O) groups excluding carboxylic acids is 1. The molecule has 0 radical (unpaired) electrons. The third-order valence-electron chi connectivity index (χ3n) is 5.53. The number of benzene rings is 3. The second-order valence-corrected chi connectivity index (χ2v) is 7.84. The highest BCUT2D eigenvalue weighted by atomic mass is 16.5. The molecule has 0 atom stereocenters. The average molecular weight is 450 g/mol. The van der Waals surface area contributed by atoms with Gasteiger partial charge in [-0.3, -0.25) is 4.79 Å². The maximum absolute atomic E-state index is 13.2. The number of nitrogens with zero attached hydrogens (tertiary/aromatic N) is 3. The van der Waals surface area contributed by atoms with Crippen LogP contribution in [0, 0.1) is 13.8 Å². The summed E-state index contributed by atoms with van der Waals surface area (Å²) < 4.78 is 7.71. The lowest BCUT2D eigenvalue weighted by Crippen LogP contribution is -2.15. The molecular weight excluding hydrogens is 422 g/mol. The maximum atomic E-state index is 13.2. The molecule has 0 aliphatic rings. The van der Waals surface area contributed by atoms with Gasteiger partial charge in [0, 0.05) is 33.8 Å². The van der Waals surface area contributed by atoms with Crippen LogP contribution in [0.5, 0.6) is 5.75 Å². The Hall–Kier alpha value is -4.25. The van der Waals surface area contributed by atoms with Crippen molar-refractivity contribution in [1.82, 2.24) is 4.57 Å². The van der Waals surface area contributed by atoms with Crippen molar-refractivity contribution in [3.8, 4) is 11.4 Å². The minimum absolute atomic E-state index is 0.163. The molecule has 0 fully saturated rings. The van der Waals surface area contributed by atoms with Gasteiger partial charge in [-0.1, -0.05) is 60.7 Å². The van der Waals surface area contributed by atoms with E-state index in [1.54, 1.807) is 18.3 Å². The first kappa shape index (κ1) is 22.9. The van der Waals surface area contributed by atoms with E-state index >= 15 is 0 Å². The molecule has 0 saturated heterocycles. The number of Topliss-reactive ketones (excluding diaryl/α,β-unsaturated/α-hetero) is 1. The van der Waals surface area contributed by atoms with Crippen molar-refractivity contribution in [2.75, 3.05) is 6.61 Å². The normalized spacial score (nSPS) is 11.7. The van der Waals surface area contributed by atoms with Gasteiger partial charge >= 0.3 is 0 Å². The third-order valence-corrected chi connectivity index (χ3v) is 5.53. The minimum Gasteiger partial charge on any atom is -0.494 e. The topological polar surface area (TPSA) is 55.9 Å². The molecule has 1 aromatic heterocycles. The number of aryl methyl sites for hydroxylation is 1. The molecular formula is C29H27N3O2. The zero-order valence-electron chi connectivity index (χ0n) is 19.6. The first-order valence-corrected chi connectivity index (χ1v) is 11.3. The molecule has 0 N–H and O–H groups in total. The Labute approximate surface area is 200 Å². The average Bonchev–Trinajstić information content (AvgIpc) is 3.16. The lowest BCUT2D eigenvalue weighted by atomic mass is 10.0. The lowest BCUT2D eigenvalue weighted by molar-refractivity contribution is 0.106. The van der Waals surface area contributed by atoms with Crippen molar-refractivity contribution >= 4 is 17.7 Å². The molecule has 5 heteroatoms. The molecule has 5 nitrogen and oxygen atoms in total. The molecule has 0 spiro atoms. The summed E-state index contributed by atoms with van der Waals surface area (Å²) in [6.07, 6.45) is 1.70. The smallest absolute Gasteiger partial charge is 0.213 e. The van der Waals surface area contributed by atoms with Gasteiger partial charge in [-0.15, -0.1) is 5.10 Å². The fourth-order valence-electron chi connectivity index (χ4n) is 3.88. The maximum Gasteiger partial charge on any atom is 0.213 e. The van der Waals surface area contributed by atoms with E-state index in [9.17, 15) is 4.79 Å². The molecule has 0 aliphatic carbocycles. The van der Waals surface area contributed by atoms with Gasteiger partial charge in [-0.25, -0.2) is 0 Å². The van der Waals surface area contributed by atoms with Crippen LogP contribution in [-0.2, 0) is 0 Å². The molecule has 4 aromatic rings. The molecule has 0 bridgehead atoms. The molecule has 0 saturated carbocycles. The summed E-state index contributed by atoms with van der Waals surface area (Å²) in [5, 5.41) is 8.68. The van der Waals surface area contributed by atoms with E-state index in [1.807, 2.05) is 86.6 Å². The first-order valence-electron chi connectivity index (χ1n) is 11.3. The molecule has 3 aromatic carbocycles. The summed E-state index contributed by atoms with van der Waals surface area (Å²) in [6.45, 7) is 6.71. The highest BCUT2D eigenvalue weighted by Gasteiger charge is 2.16. The van der Waals surface area contributed by atoms with Crippen LogP contribution < -0.4 is 4.74 Å². The van der Waals surface area contributed by atoms with E-state index in [0.717, 1.165) is 34.0 Å². The molecule has 170 valence electrons. The van der Waals surface area contributed by atoms with E-state index in [-0.39, 0.29) is 5.78 Å². The monoisotopic (exact) mass is 449 g/mol. The summed E-state index contributed by atoms with van der Waals surface area (Å²) in [7, 11) is 0. The molecule has 0 unspecified atom stereocenters. The van der Waals surface area contributed by atoms with Crippen LogP contribution in [-0.4, -0.2) is 28.9 Å². The highest BCUT2D eigenvalue weighted by Crippen LogP contribution is 2.22. The fraction of sp³-hybridized carbons (Fsp3) is 0.138. The second-order valence-electron chi connectivity index (χ2n) is 7.84. The van der Waals surface area contributed by atoms with Crippen LogP contribution in [0.2, 0.25) is 0 Å². The van der Waals surface area contributed by atoms with Crippen LogP contribution in [0.25, 0.3) is 5.69 Å². The Kier molecular flexibility index (Phi) is 7.13. The number of hydrogen-bond donors (Lipinski definition) is 0. The van der Waals surface area contributed by atoms with E-state index in [2.05, 4.69) is 27.8 Å². The van der Waals surface area contributed by atoms with E-state index in [1.165, 1.54) is 0 Å². The molecule has 0 amide bonds. The van der Waals surface area contributed by atoms with Gasteiger partial charge in [0.25, 0.3) is 0 Å². The zero-order chi connectivity index (χ0) is 23.9. The number of aromatic nitrogens is 1. The fourth-order valence-corrected chi connectivity index (χ4v) is 3.88. The number of ether oxygens (including phenoxy) is 1. The van der Waals surface area contributed by atoms with Crippen molar-refractivity contribution in [1.29, 1.82) is 0 Å². The predicted molar refractivity (Wildman–Crippen MR) is 138 cm³/mol. The number of rotatable bonds is 8. The summed E-state index contributed by atoms with van der Waals surface area (Å²) in [6, 6.07) is 28.6. The van der Waals surface area contributed by atoms with E-state index < -0.39 is 0 Å². The lowest BCUT2D eigenvalue weighted by Gasteiger charge is -2.10. The third kappa shape index (κ3) is 5.04. The Balaban J connectivity index is 1.65. The van der Waals surface area contributed by atoms with Crippen molar-refractivity contribution in [2.24, 2.45) is 10.2 Å². The molecule has 34 heavy (non-hydrogen) atoms. The van der Waals surface area contributed by atoms with Crippen molar-refractivity contribution < 1.29 is 9.53 Å². The second kappa shape index (κ2) is 10.6. The van der Waals surface area contributed by atoms with Gasteiger partial charge in [0.1, 0.15) is 11.5 Å². The van der Waals surface area contributed by atoms with Crippen molar-refractivity contribution in [3.63, 3.8) is 0 Å². The number of carbonyl (C=O) groups is 1. The van der Waals surface area contributed by atoms with E-state index in [0.29, 0.717) is 17.9 Å². The van der Waals surface area contributed by atoms with Gasteiger partial charge < -0.3 is 9.30 Å². The van der Waals surface area contributed by atoms with Gasteiger partial charge in [0.05, 0.1) is 12.8 Å². The summed E-state index contributed by atoms with van der Waals surface area (Å²) in [5.41, 5.74) is 5.72. The van der Waals surface area contributed by atoms with Crippen LogP contribution in [0.15, 0.2) is 101 Å². The minimum atomic E-state index is -0.163. The highest BCUT2D eigenvalue weighted by molar-refractivity contribution is 6.51. The number of ketones is 1. The quantitative estimate of drug-likeness (QED) is 0.183. The van der Waals surface area contributed by atoms with E-state index in [4.69, 9.17) is 4.74 Å². The first-order chi connectivity index (χ1) is 16.6. The van der Waals surface area contributed by atoms with Crippen molar-refractivity contribution in [3.05, 3.63) is 119 Å². The summed E-state index contributed by atoms with van der Waals surface area (Å²) >= 11 is 0. The Morgan fingerprint density at radius 2 is 1.50 bits per heavy atom. The van der Waals surface area contributed by atoms with Gasteiger partial charge in [-0.2, -0.15) is 5.10 Å². The Morgan fingerprint density at radius 3 is 2.12 bits per heavy atom. The zero-order valence-corrected chi connectivity index (χ0v) is 19.6. The summed E-state index contributed by atoms with van der Waals surface area (Å²) in [5.74, 6) is 0.685. The van der Waals surface area contributed by atoms with Crippen LogP contribution in [0.4, 0.5) is 0 Å². The van der Waals surface area contributed by atoms with Gasteiger partial charge in [0.2, 0.25) is 5.78 Å². The standard InChI is InChI=1S/C29H27N3O2/c1-4-34-27-17-15-26(16-18-27)32-21(2)19-25(22(32)3)20-30-31-28(23-11-7-5-8-12-23)29(33)24-13-9-6-10-14-24/h5-20H,4H2,1-3H3/b30-20+,31-28+. The Bertz CT molecular complexity index is 1320. The van der Waals surface area contributed by atoms with Crippen LogP contribution in [0.1, 0.15) is 39.8 Å². The van der Waals surface area contributed by atoms with Crippen molar-refractivity contribution in [2.45, 2.75) is 20.8 Å². The van der Waals surface area contributed by atoms with Gasteiger partial charge in [0.15, 0.2) is 0 Å². The van der Waals surface area contributed by atoms with Crippen LogP contribution >= 0.6 is 0 Å². The molecule has 0 aliphatic heterocycles. The predicted octanol–water partition coefficient (Wildman–Crippen LogP) is 6.20. The number of hydrogen-bond acceptors (Lipinski definition) is 4. The Morgan fingerprint density at radius 1 is 0.882 bits per heavy atom.